The Hall–Kier alpha value is -4.50. The van der Waals surface area contributed by atoms with E-state index in [-0.39, 0.29) is 20.4 Å². The van der Waals surface area contributed by atoms with Crippen molar-refractivity contribution in [3.05, 3.63) is 129 Å². The molecule has 0 unspecified atom stereocenters. The predicted octanol–water partition coefficient (Wildman–Crippen LogP) is 10.8. The average molecular weight is 737 g/mol. The van der Waals surface area contributed by atoms with Gasteiger partial charge in [-0.3, -0.25) is 4.68 Å². The molecule has 7 rings (SSSR count). The van der Waals surface area contributed by atoms with E-state index in [1.807, 2.05) is 23.0 Å². The maximum atomic E-state index is 6.60. The second kappa shape index (κ2) is 13.4. The van der Waals surface area contributed by atoms with E-state index in [0.717, 1.165) is 63.1 Å². The molecule has 0 radical (unpaired) electrons. The topological polar surface area (TPSA) is 44.9 Å². The second-order valence-electron chi connectivity index (χ2n) is 13.2. The van der Waals surface area contributed by atoms with Gasteiger partial charge in [-0.25, -0.2) is 4.98 Å². The molecule has 0 saturated heterocycles. The van der Waals surface area contributed by atoms with Crippen molar-refractivity contribution in [2.45, 2.75) is 75.2 Å². The number of pyridine rings is 1. The molecule has 0 bridgehead atoms. The molecule has 49 heavy (non-hydrogen) atoms. The summed E-state index contributed by atoms with van der Waals surface area (Å²) in [6.45, 7) is 19.7. The molecule has 250 valence electrons. The van der Waals surface area contributed by atoms with Gasteiger partial charge in [0, 0.05) is 34.5 Å². The molecule has 0 aliphatic carbocycles. The summed E-state index contributed by atoms with van der Waals surface area (Å²) in [7, 11) is 0. The number of hydrogen-bond acceptors (Lipinski definition) is 3. The van der Waals surface area contributed by atoms with Crippen LogP contribution in [0.25, 0.3) is 44.4 Å². The Morgan fingerprint density at radius 2 is 1.43 bits per heavy atom. The van der Waals surface area contributed by atoms with Gasteiger partial charge in [-0.05, 0) is 124 Å². The van der Waals surface area contributed by atoms with Crippen LogP contribution in [0, 0.1) is 67.5 Å². The van der Waals surface area contributed by atoms with E-state index in [1.165, 1.54) is 44.5 Å². The normalized spacial score (nSPS) is 11.4. The van der Waals surface area contributed by atoms with E-state index in [1.54, 1.807) is 0 Å². The van der Waals surface area contributed by atoms with Crippen LogP contribution < -0.4 is 4.74 Å². The Bertz CT molecular complexity index is 2350. The fourth-order valence-corrected chi connectivity index (χ4v) is 7.23. The monoisotopic (exact) mass is 736 g/mol. The number of hydrogen-bond donors (Lipinski definition) is 0. The van der Waals surface area contributed by atoms with E-state index in [0.29, 0.717) is 11.5 Å². The molecule has 6 heteroatoms. The Labute approximate surface area is 303 Å². The van der Waals surface area contributed by atoms with Crippen LogP contribution in [0.15, 0.2) is 66.9 Å². The molecule has 7 aromatic rings. The number of aryl methyl sites for hydroxylation is 3. The van der Waals surface area contributed by atoms with Crippen LogP contribution in [0.4, 0.5) is 0 Å². The van der Waals surface area contributed by atoms with Gasteiger partial charge in [0.05, 0.1) is 5.69 Å². The smallest absolute Gasteiger partial charge is 0.509 e. The summed E-state index contributed by atoms with van der Waals surface area (Å²) in [6.07, 6.45) is 3.80. The molecule has 0 saturated carbocycles. The molecule has 4 aromatic carbocycles. The summed E-state index contributed by atoms with van der Waals surface area (Å²) in [5, 5.41) is 7.36. The largest absolute Gasteiger partial charge is 2.00 e. The SMILES string of the molecule is CCCc1cc(Oc2[c-]c3c(cc2)c2ccccc2n3-c2cc(C)ccn2)[c-]c(-n2nc(C)c(-c3c(C)c(C)c(C)c(C)c3C)c2C)c1.[Pd+2]. The summed E-state index contributed by atoms with van der Waals surface area (Å²) in [6, 6.07) is 28.1. The first-order chi connectivity index (χ1) is 23.1. The van der Waals surface area contributed by atoms with Gasteiger partial charge >= 0.3 is 20.4 Å². The van der Waals surface area contributed by atoms with Gasteiger partial charge in [0.1, 0.15) is 5.82 Å². The Balaban J connectivity index is 0.00000417. The van der Waals surface area contributed by atoms with Crippen molar-refractivity contribution in [3.8, 4) is 34.1 Å². The molecule has 5 nitrogen and oxygen atoms in total. The van der Waals surface area contributed by atoms with Gasteiger partial charge in [-0.1, -0.05) is 43.5 Å². The average Bonchev–Trinajstić information content (AvgIpc) is 3.56. The van der Waals surface area contributed by atoms with Gasteiger partial charge in [-0.15, -0.1) is 35.7 Å². The number of benzene rings is 4. The van der Waals surface area contributed by atoms with E-state index >= 15 is 0 Å². The third-order valence-corrected chi connectivity index (χ3v) is 10.1. The summed E-state index contributed by atoms with van der Waals surface area (Å²) in [5.74, 6) is 2.13. The fourth-order valence-electron chi connectivity index (χ4n) is 7.23. The number of rotatable bonds is 7. The zero-order chi connectivity index (χ0) is 33.9. The maximum absolute atomic E-state index is 6.60. The molecule has 3 heterocycles. The van der Waals surface area contributed by atoms with Crippen LogP contribution in [-0.4, -0.2) is 19.3 Å². The van der Waals surface area contributed by atoms with Crippen molar-refractivity contribution in [1.82, 2.24) is 19.3 Å². The van der Waals surface area contributed by atoms with Crippen molar-refractivity contribution in [2.75, 3.05) is 0 Å². The van der Waals surface area contributed by atoms with Crippen molar-refractivity contribution >= 4 is 21.8 Å². The van der Waals surface area contributed by atoms with Gasteiger partial charge < -0.3 is 9.30 Å². The van der Waals surface area contributed by atoms with Gasteiger partial charge in [-0.2, -0.15) is 16.7 Å². The molecule has 0 atom stereocenters. The van der Waals surface area contributed by atoms with Crippen LogP contribution in [0.1, 0.15) is 63.7 Å². The van der Waals surface area contributed by atoms with Gasteiger partial charge in [0.25, 0.3) is 0 Å². The quantitative estimate of drug-likeness (QED) is 0.121. The van der Waals surface area contributed by atoms with Gasteiger partial charge in [0.15, 0.2) is 0 Å². The zero-order valence-corrected chi connectivity index (χ0v) is 31.3. The molecule has 0 aliphatic heterocycles. The van der Waals surface area contributed by atoms with E-state index in [4.69, 9.17) is 14.8 Å². The van der Waals surface area contributed by atoms with Gasteiger partial charge in [0.2, 0.25) is 0 Å². The number of fused-ring (bicyclic) bond motifs is 3. The standard InChI is InChI=1S/C43H42N4O.Pd/c1-10-13-33-21-34(47-32(9)43(31(8)45-47)42-29(6)27(4)26(3)28(5)30(42)7)23-36(22-33)48-35-16-17-38-37-14-11-12-15-39(37)46(40(38)24-35)41-20-25(2)18-19-44-41;/h11-12,14-22H,10,13H2,1-9H3;/q-2;+2. The summed E-state index contributed by atoms with van der Waals surface area (Å²) in [5.41, 5.74) is 16.5. The fraction of sp³-hybridized carbons (Fsp3) is 0.256. The first-order valence-electron chi connectivity index (χ1n) is 16.8. The van der Waals surface area contributed by atoms with Crippen molar-refractivity contribution in [3.63, 3.8) is 0 Å². The first-order valence-corrected chi connectivity index (χ1v) is 16.8. The number of para-hydroxylation sites is 1. The molecule has 0 N–H and O–H groups in total. The molecule has 0 amide bonds. The Morgan fingerprint density at radius 3 is 2.14 bits per heavy atom. The van der Waals surface area contributed by atoms with Crippen LogP contribution >= 0.6 is 0 Å². The van der Waals surface area contributed by atoms with Crippen molar-refractivity contribution in [2.24, 2.45) is 0 Å². The summed E-state index contributed by atoms with van der Waals surface area (Å²) >= 11 is 0. The van der Waals surface area contributed by atoms with Crippen LogP contribution in [0.2, 0.25) is 0 Å². The Morgan fingerprint density at radius 1 is 0.714 bits per heavy atom. The van der Waals surface area contributed by atoms with E-state index < -0.39 is 0 Å². The molecule has 0 spiro atoms. The molecule has 3 aromatic heterocycles. The van der Waals surface area contributed by atoms with E-state index in [9.17, 15) is 0 Å². The number of aromatic nitrogens is 4. The predicted molar refractivity (Wildman–Crippen MR) is 197 cm³/mol. The van der Waals surface area contributed by atoms with Crippen LogP contribution in [0.5, 0.6) is 11.5 Å². The first kappa shape index (κ1) is 34.4. The minimum Gasteiger partial charge on any atom is -0.509 e. The maximum Gasteiger partial charge on any atom is 2.00 e. The minimum atomic E-state index is 0. The van der Waals surface area contributed by atoms with Crippen molar-refractivity contribution in [1.29, 1.82) is 0 Å². The summed E-state index contributed by atoms with van der Waals surface area (Å²) in [4.78, 5) is 4.72. The van der Waals surface area contributed by atoms with Crippen molar-refractivity contribution < 1.29 is 25.2 Å². The number of ether oxygens (including phenoxy) is 1. The third-order valence-electron chi connectivity index (χ3n) is 10.1. The molecular weight excluding hydrogens is 695 g/mol. The molecule has 0 aliphatic rings. The summed E-state index contributed by atoms with van der Waals surface area (Å²) < 4.78 is 10.8. The van der Waals surface area contributed by atoms with E-state index in [2.05, 4.69) is 128 Å². The van der Waals surface area contributed by atoms with Crippen LogP contribution in [0.3, 0.4) is 0 Å². The number of nitrogens with zero attached hydrogens (tertiary/aromatic N) is 4. The zero-order valence-electron chi connectivity index (χ0n) is 29.8. The second-order valence-corrected chi connectivity index (χ2v) is 13.2. The minimum absolute atomic E-state index is 0. The third kappa shape index (κ3) is 5.92. The van der Waals surface area contributed by atoms with Crippen LogP contribution in [-0.2, 0) is 26.8 Å². The molecule has 0 fully saturated rings. The molecular formula is C43H42N4OPd. The Kier molecular flexibility index (Phi) is 9.42.